The summed E-state index contributed by atoms with van der Waals surface area (Å²) in [5.74, 6) is -1.91. The van der Waals surface area contributed by atoms with E-state index in [9.17, 15) is 17.2 Å². The van der Waals surface area contributed by atoms with Crippen molar-refractivity contribution < 1.29 is 17.2 Å². The van der Waals surface area contributed by atoms with Gasteiger partial charge in [-0.3, -0.25) is 0 Å². The van der Waals surface area contributed by atoms with Gasteiger partial charge in [-0.05, 0) is 35.8 Å². The van der Waals surface area contributed by atoms with Crippen LogP contribution < -0.4 is 5.32 Å². The van der Waals surface area contributed by atoms with Crippen LogP contribution in [0.4, 0.5) is 8.78 Å². The standard InChI is InChI=1S/C12H15BrF2N2O2S/c1-7-6-17(8(2)5-16-7)20(18,19)12-10(13)3-9(14)4-11(12)15/h3-4,7-8,16H,5-6H2,1-2H3. The van der Waals surface area contributed by atoms with Crippen molar-refractivity contribution in [3.05, 3.63) is 28.2 Å². The second-order valence-electron chi connectivity index (χ2n) is 4.93. The van der Waals surface area contributed by atoms with Crippen molar-refractivity contribution in [3.8, 4) is 0 Å². The molecule has 1 aliphatic heterocycles. The highest BCUT2D eigenvalue weighted by atomic mass is 79.9. The molecule has 4 nitrogen and oxygen atoms in total. The second kappa shape index (κ2) is 5.67. The Labute approximate surface area is 125 Å². The Morgan fingerprint density at radius 2 is 2.00 bits per heavy atom. The van der Waals surface area contributed by atoms with Crippen LogP contribution in [0.2, 0.25) is 0 Å². The number of halogens is 3. The van der Waals surface area contributed by atoms with Crippen LogP contribution in [0.5, 0.6) is 0 Å². The van der Waals surface area contributed by atoms with Gasteiger partial charge in [0.25, 0.3) is 0 Å². The molecule has 1 saturated heterocycles. The minimum absolute atomic E-state index is 0.0248. The minimum Gasteiger partial charge on any atom is -0.311 e. The largest absolute Gasteiger partial charge is 0.311 e. The Kier molecular flexibility index (Phi) is 4.48. The molecule has 1 heterocycles. The summed E-state index contributed by atoms with van der Waals surface area (Å²) in [7, 11) is -4.02. The Hall–Kier alpha value is -0.570. The molecule has 0 amide bonds. The van der Waals surface area contributed by atoms with E-state index in [0.717, 1.165) is 6.07 Å². The fourth-order valence-corrected chi connectivity index (χ4v) is 5.05. The Morgan fingerprint density at radius 3 is 2.60 bits per heavy atom. The Balaban J connectivity index is 2.50. The molecule has 0 radical (unpaired) electrons. The van der Waals surface area contributed by atoms with Crippen molar-refractivity contribution in [2.45, 2.75) is 30.8 Å². The number of benzene rings is 1. The summed E-state index contributed by atoms with van der Waals surface area (Å²) in [6, 6.07) is 1.20. The van der Waals surface area contributed by atoms with Gasteiger partial charge in [0.15, 0.2) is 0 Å². The molecule has 2 rings (SSSR count). The predicted octanol–water partition coefficient (Wildman–Crippen LogP) is 2.10. The lowest BCUT2D eigenvalue weighted by molar-refractivity contribution is 0.244. The molecule has 0 aromatic heterocycles. The topological polar surface area (TPSA) is 49.4 Å². The average Bonchev–Trinajstić information content (AvgIpc) is 2.30. The van der Waals surface area contributed by atoms with Crippen molar-refractivity contribution >= 4 is 26.0 Å². The van der Waals surface area contributed by atoms with E-state index in [2.05, 4.69) is 21.2 Å². The fourth-order valence-electron chi connectivity index (χ4n) is 2.22. The van der Waals surface area contributed by atoms with Crippen LogP contribution in [0.3, 0.4) is 0 Å². The van der Waals surface area contributed by atoms with E-state index in [4.69, 9.17) is 0 Å². The van der Waals surface area contributed by atoms with E-state index in [0.29, 0.717) is 12.6 Å². The van der Waals surface area contributed by atoms with Crippen LogP contribution in [0.1, 0.15) is 13.8 Å². The smallest absolute Gasteiger partial charge is 0.247 e. The highest BCUT2D eigenvalue weighted by Gasteiger charge is 2.36. The predicted molar refractivity (Wildman–Crippen MR) is 74.9 cm³/mol. The van der Waals surface area contributed by atoms with E-state index >= 15 is 0 Å². The van der Waals surface area contributed by atoms with Crippen molar-refractivity contribution in [3.63, 3.8) is 0 Å². The summed E-state index contributed by atoms with van der Waals surface area (Å²) in [5.41, 5.74) is 0. The fraction of sp³-hybridized carbons (Fsp3) is 0.500. The molecule has 1 fully saturated rings. The van der Waals surface area contributed by atoms with E-state index in [1.165, 1.54) is 4.31 Å². The Bertz CT molecular complexity index is 601. The van der Waals surface area contributed by atoms with Crippen LogP contribution in [0, 0.1) is 11.6 Å². The van der Waals surface area contributed by atoms with Gasteiger partial charge >= 0.3 is 0 Å². The second-order valence-corrected chi connectivity index (χ2v) is 7.61. The van der Waals surface area contributed by atoms with Gasteiger partial charge in [-0.15, -0.1) is 0 Å². The van der Waals surface area contributed by atoms with Gasteiger partial charge in [-0.2, -0.15) is 4.31 Å². The maximum Gasteiger partial charge on any atom is 0.247 e. The first-order chi connectivity index (χ1) is 9.23. The molecule has 112 valence electrons. The molecular weight excluding hydrogens is 354 g/mol. The highest BCUT2D eigenvalue weighted by molar-refractivity contribution is 9.10. The monoisotopic (exact) mass is 368 g/mol. The molecule has 0 bridgehead atoms. The normalized spacial score (nSPS) is 24.9. The van der Waals surface area contributed by atoms with Gasteiger partial charge < -0.3 is 5.32 Å². The molecule has 0 aliphatic carbocycles. The zero-order valence-electron chi connectivity index (χ0n) is 11.0. The zero-order valence-corrected chi connectivity index (χ0v) is 13.4. The van der Waals surface area contributed by atoms with E-state index in [1.54, 1.807) is 6.92 Å². The van der Waals surface area contributed by atoms with Crippen molar-refractivity contribution in [2.24, 2.45) is 0 Å². The van der Waals surface area contributed by atoms with Gasteiger partial charge in [0.2, 0.25) is 10.0 Å². The number of nitrogens with one attached hydrogen (secondary N) is 1. The van der Waals surface area contributed by atoms with Crippen molar-refractivity contribution in [2.75, 3.05) is 13.1 Å². The minimum atomic E-state index is -4.02. The number of nitrogens with zero attached hydrogens (tertiary/aromatic N) is 1. The van der Waals surface area contributed by atoms with Gasteiger partial charge in [0.1, 0.15) is 16.5 Å². The summed E-state index contributed by atoms with van der Waals surface area (Å²) >= 11 is 2.93. The third-order valence-corrected chi connectivity index (χ3v) is 6.18. The van der Waals surface area contributed by atoms with Crippen molar-refractivity contribution in [1.29, 1.82) is 0 Å². The number of rotatable bonds is 2. The highest BCUT2D eigenvalue weighted by Crippen LogP contribution is 2.30. The molecule has 1 N–H and O–H groups in total. The third kappa shape index (κ3) is 2.88. The third-order valence-electron chi connectivity index (χ3n) is 3.24. The summed E-state index contributed by atoms with van der Waals surface area (Å²) in [4.78, 5) is -0.514. The summed E-state index contributed by atoms with van der Waals surface area (Å²) in [6.45, 7) is 4.32. The molecule has 1 aromatic carbocycles. The molecule has 2 atom stereocenters. The van der Waals surface area contributed by atoms with Gasteiger partial charge in [0.05, 0.1) is 0 Å². The molecule has 20 heavy (non-hydrogen) atoms. The number of hydrogen-bond acceptors (Lipinski definition) is 3. The SMILES string of the molecule is CC1CN(S(=O)(=O)c2c(F)cc(F)cc2Br)C(C)CN1. The van der Waals surface area contributed by atoms with Crippen LogP contribution >= 0.6 is 15.9 Å². The first-order valence-corrected chi connectivity index (χ1v) is 8.36. The van der Waals surface area contributed by atoms with E-state index in [-0.39, 0.29) is 23.1 Å². The van der Waals surface area contributed by atoms with Gasteiger partial charge in [0, 0.05) is 35.7 Å². The molecule has 2 unspecified atom stereocenters. The maximum atomic E-state index is 13.9. The van der Waals surface area contributed by atoms with Crippen molar-refractivity contribution in [1.82, 2.24) is 9.62 Å². The molecule has 0 spiro atoms. The maximum absolute atomic E-state index is 13.9. The lowest BCUT2D eigenvalue weighted by Crippen LogP contribution is -2.56. The number of hydrogen-bond donors (Lipinski definition) is 1. The Morgan fingerprint density at radius 1 is 1.35 bits per heavy atom. The number of piperazine rings is 1. The summed E-state index contributed by atoms with van der Waals surface area (Å²) < 4.78 is 53.3. The molecule has 1 aliphatic rings. The average molecular weight is 369 g/mol. The lowest BCUT2D eigenvalue weighted by Gasteiger charge is -2.36. The van der Waals surface area contributed by atoms with Gasteiger partial charge in [-0.1, -0.05) is 0 Å². The summed E-state index contributed by atoms with van der Waals surface area (Å²) in [6.07, 6.45) is 0. The first kappa shape index (κ1) is 15.8. The quantitative estimate of drug-likeness (QED) is 0.869. The number of sulfonamides is 1. The lowest BCUT2D eigenvalue weighted by atomic mass is 10.2. The van der Waals surface area contributed by atoms with E-state index < -0.39 is 26.6 Å². The molecular formula is C12H15BrF2N2O2S. The first-order valence-electron chi connectivity index (χ1n) is 6.13. The summed E-state index contributed by atoms with van der Waals surface area (Å²) in [5, 5.41) is 3.15. The zero-order chi connectivity index (χ0) is 15.1. The van der Waals surface area contributed by atoms with Gasteiger partial charge in [-0.25, -0.2) is 17.2 Å². The van der Waals surface area contributed by atoms with E-state index in [1.807, 2.05) is 6.92 Å². The molecule has 8 heteroatoms. The van der Waals surface area contributed by atoms with Crippen LogP contribution in [-0.4, -0.2) is 37.9 Å². The molecule has 1 aromatic rings. The molecule has 0 saturated carbocycles. The van der Waals surface area contributed by atoms with Crippen LogP contribution in [0.25, 0.3) is 0 Å². The van der Waals surface area contributed by atoms with Crippen LogP contribution in [-0.2, 0) is 10.0 Å². The van der Waals surface area contributed by atoms with Crippen LogP contribution in [0.15, 0.2) is 21.5 Å².